The molecule has 0 bridgehead atoms. The Hall–Kier alpha value is -0.970. The van der Waals surface area contributed by atoms with Gasteiger partial charge in [0, 0.05) is 12.8 Å². The van der Waals surface area contributed by atoms with E-state index in [9.17, 15) is 4.79 Å². The van der Waals surface area contributed by atoms with Crippen LogP contribution in [0.3, 0.4) is 0 Å². The minimum atomic E-state index is 0.120. The van der Waals surface area contributed by atoms with Gasteiger partial charge in [0.1, 0.15) is 5.78 Å². The Morgan fingerprint density at radius 2 is 2.55 bits per heavy atom. The lowest BCUT2D eigenvalue weighted by molar-refractivity contribution is -0.117. The maximum Gasteiger partial charge on any atom is 0.284 e. The number of rotatable bonds is 3. The zero-order chi connectivity index (χ0) is 8.27. The fourth-order valence-corrected chi connectivity index (χ4v) is 0.792. The predicted molar refractivity (Wildman–Crippen MR) is 40.7 cm³/mol. The Morgan fingerprint density at radius 3 is 3.00 bits per heavy atom. The van der Waals surface area contributed by atoms with Gasteiger partial charge >= 0.3 is 0 Å². The molecule has 0 aliphatic heterocycles. The molecular formula is C6H8N2O2S. The third-order valence-corrected chi connectivity index (χ3v) is 1.35. The highest BCUT2D eigenvalue weighted by Crippen LogP contribution is 1.98. The number of nitrogens with zero attached hydrogens (tertiary/aromatic N) is 1. The molecule has 4 nitrogen and oxygen atoms in total. The molecule has 0 aromatic carbocycles. The van der Waals surface area contributed by atoms with Crippen LogP contribution in [0.1, 0.15) is 19.2 Å². The van der Waals surface area contributed by atoms with Crippen LogP contribution in [0.15, 0.2) is 4.42 Å². The van der Waals surface area contributed by atoms with Crippen molar-refractivity contribution in [2.45, 2.75) is 19.8 Å². The van der Waals surface area contributed by atoms with E-state index in [0.29, 0.717) is 18.7 Å². The molecule has 0 radical (unpaired) electrons. The van der Waals surface area contributed by atoms with E-state index < -0.39 is 0 Å². The highest BCUT2D eigenvalue weighted by Gasteiger charge is 2.00. The van der Waals surface area contributed by atoms with E-state index in [2.05, 4.69) is 22.4 Å². The summed E-state index contributed by atoms with van der Waals surface area (Å²) >= 11 is 4.64. The van der Waals surface area contributed by atoms with Crippen LogP contribution in [0.4, 0.5) is 0 Å². The lowest BCUT2D eigenvalue weighted by Crippen LogP contribution is -1.93. The zero-order valence-electron chi connectivity index (χ0n) is 6.09. The van der Waals surface area contributed by atoms with Crippen molar-refractivity contribution in [3.8, 4) is 0 Å². The van der Waals surface area contributed by atoms with Crippen LogP contribution in [0, 0.1) is 4.84 Å². The molecule has 5 heteroatoms. The van der Waals surface area contributed by atoms with Crippen LogP contribution >= 0.6 is 12.2 Å². The fourth-order valence-electron chi connectivity index (χ4n) is 0.651. The summed E-state index contributed by atoms with van der Waals surface area (Å²) in [5, 5.41) is 6.22. The third-order valence-electron chi connectivity index (χ3n) is 1.17. The number of aryl methyl sites for hydroxylation is 1. The van der Waals surface area contributed by atoms with E-state index in [1.165, 1.54) is 6.92 Å². The van der Waals surface area contributed by atoms with Crippen molar-refractivity contribution in [3.05, 3.63) is 10.7 Å². The minimum Gasteiger partial charge on any atom is -0.414 e. The molecule has 60 valence electrons. The third kappa shape index (κ3) is 2.63. The number of ketones is 1. The Kier molecular flexibility index (Phi) is 2.53. The van der Waals surface area contributed by atoms with E-state index in [1.807, 2.05) is 0 Å². The number of carbonyl (C=O) groups excluding carboxylic acids is 1. The van der Waals surface area contributed by atoms with Gasteiger partial charge in [0.2, 0.25) is 5.89 Å². The van der Waals surface area contributed by atoms with Crippen molar-refractivity contribution < 1.29 is 9.21 Å². The lowest BCUT2D eigenvalue weighted by atomic mass is 10.2. The van der Waals surface area contributed by atoms with Crippen LogP contribution in [0.25, 0.3) is 0 Å². The average Bonchev–Trinajstić information content (AvgIpc) is 2.31. The molecular weight excluding hydrogens is 164 g/mol. The molecule has 0 amide bonds. The van der Waals surface area contributed by atoms with Crippen molar-refractivity contribution >= 4 is 18.0 Å². The number of nitrogens with one attached hydrogen (secondary N) is 1. The normalized spacial score (nSPS) is 9.91. The van der Waals surface area contributed by atoms with Crippen LogP contribution in [0.2, 0.25) is 0 Å². The number of aromatic nitrogens is 2. The van der Waals surface area contributed by atoms with Crippen molar-refractivity contribution in [1.82, 2.24) is 10.2 Å². The van der Waals surface area contributed by atoms with Crippen LogP contribution < -0.4 is 0 Å². The molecule has 0 spiro atoms. The SMILES string of the molecule is CC(=O)CCc1n[nH]c(=S)o1. The lowest BCUT2D eigenvalue weighted by Gasteiger charge is -1.87. The van der Waals surface area contributed by atoms with Crippen LogP contribution in [-0.4, -0.2) is 16.0 Å². The zero-order valence-corrected chi connectivity index (χ0v) is 6.90. The molecule has 0 fully saturated rings. The number of hydrogen-bond acceptors (Lipinski definition) is 4. The molecule has 1 heterocycles. The van der Waals surface area contributed by atoms with E-state index in [-0.39, 0.29) is 10.6 Å². The molecule has 0 aliphatic carbocycles. The van der Waals surface area contributed by atoms with Crippen LogP contribution in [-0.2, 0) is 11.2 Å². The molecule has 0 saturated heterocycles. The van der Waals surface area contributed by atoms with Crippen molar-refractivity contribution in [2.75, 3.05) is 0 Å². The quantitative estimate of drug-likeness (QED) is 0.697. The van der Waals surface area contributed by atoms with Crippen molar-refractivity contribution in [1.29, 1.82) is 0 Å². The number of aromatic amines is 1. The number of carbonyl (C=O) groups is 1. The van der Waals surface area contributed by atoms with E-state index >= 15 is 0 Å². The summed E-state index contributed by atoms with van der Waals surface area (Å²) in [6.07, 6.45) is 0.964. The highest BCUT2D eigenvalue weighted by atomic mass is 32.1. The first-order valence-electron chi connectivity index (χ1n) is 3.22. The van der Waals surface area contributed by atoms with Gasteiger partial charge in [-0.3, -0.25) is 0 Å². The van der Waals surface area contributed by atoms with Gasteiger partial charge in [-0.05, 0) is 19.1 Å². The molecule has 0 unspecified atom stereocenters. The smallest absolute Gasteiger partial charge is 0.284 e. The standard InChI is InChI=1S/C6H8N2O2S/c1-4(9)2-3-5-7-8-6(11)10-5/h2-3H2,1H3,(H,8,11). The van der Waals surface area contributed by atoms with Gasteiger partial charge in [-0.25, -0.2) is 5.10 Å². The number of Topliss-reactive ketones (excluding diaryl/α,β-unsaturated/α-hetero) is 1. The molecule has 1 aromatic rings. The highest BCUT2D eigenvalue weighted by molar-refractivity contribution is 7.71. The number of H-pyrrole nitrogens is 1. The first-order valence-corrected chi connectivity index (χ1v) is 3.63. The topological polar surface area (TPSA) is 58.9 Å². The first kappa shape index (κ1) is 8.13. The van der Waals surface area contributed by atoms with Gasteiger partial charge in [0.15, 0.2) is 0 Å². The van der Waals surface area contributed by atoms with Gasteiger partial charge in [-0.2, -0.15) is 0 Å². The second kappa shape index (κ2) is 3.43. The van der Waals surface area contributed by atoms with E-state index in [1.54, 1.807) is 0 Å². The monoisotopic (exact) mass is 172 g/mol. The maximum absolute atomic E-state index is 10.5. The van der Waals surface area contributed by atoms with E-state index in [4.69, 9.17) is 4.42 Å². The van der Waals surface area contributed by atoms with Gasteiger partial charge < -0.3 is 9.21 Å². The summed E-state index contributed by atoms with van der Waals surface area (Å²) in [5.74, 6) is 0.610. The van der Waals surface area contributed by atoms with Gasteiger partial charge in [-0.1, -0.05) is 0 Å². The molecule has 1 aromatic heterocycles. The Labute approximate surface area is 68.6 Å². The molecule has 0 aliphatic rings. The summed E-state index contributed by atoms with van der Waals surface area (Å²) in [6.45, 7) is 1.53. The summed E-state index contributed by atoms with van der Waals surface area (Å²) < 4.78 is 4.93. The van der Waals surface area contributed by atoms with Gasteiger partial charge in [0.25, 0.3) is 4.84 Å². The van der Waals surface area contributed by atoms with E-state index in [0.717, 1.165) is 0 Å². The molecule has 1 rings (SSSR count). The summed E-state index contributed by atoms with van der Waals surface area (Å²) in [6, 6.07) is 0. The average molecular weight is 172 g/mol. The van der Waals surface area contributed by atoms with Crippen LogP contribution in [0.5, 0.6) is 0 Å². The Balaban J connectivity index is 2.51. The van der Waals surface area contributed by atoms with Gasteiger partial charge in [0.05, 0.1) is 0 Å². The molecule has 11 heavy (non-hydrogen) atoms. The van der Waals surface area contributed by atoms with Gasteiger partial charge in [-0.15, -0.1) is 5.10 Å². The summed E-state index contributed by atoms with van der Waals surface area (Å²) in [4.78, 5) is 10.8. The maximum atomic E-state index is 10.5. The predicted octanol–water partition coefficient (Wildman–Crippen LogP) is 1.25. The summed E-state index contributed by atoms with van der Waals surface area (Å²) in [5.41, 5.74) is 0. The second-order valence-electron chi connectivity index (χ2n) is 2.21. The van der Waals surface area contributed by atoms with Crippen molar-refractivity contribution in [3.63, 3.8) is 0 Å². The number of hydrogen-bond donors (Lipinski definition) is 1. The largest absolute Gasteiger partial charge is 0.414 e. The molecule has 0 saturated carbocycles. The minimum absolute atomic E-state index is 0.120. The molecule has 1 N–H and O–H groups in total. The Bertz CT molecular complexity index is 302. The Morgan fingerprint density at radius 1 is 1.82 bits per heavy atom. The first-order chi connectivity index (χ1) is 5.18. The molecule has 0 atom stereocenters. The summed E-state index contributed by atoms with van der Waals surface area (Å²) in [7, 11) is 0. The fraction of sp³-hybridized carbons (Fsp3) is 0.500. The van der Waals surface area contributed by atoms with Crippen molar-refractivity contribution in [2.24, 2.45) is 0 Å². The second-order valence-corrected chi connectivity index (χ2v) is 2.58.